The van der Waals surface area contributed by atoms with E-state index in [0.29, 0.717) is 79.7 Å². The van der Waals surface area contributed by atoms with Crippen LogP contribution < -0.4 is 43.8 Å². The number of pyridine rings is 7. The van der Waals surface area contributed by atoms with E-state index in [1.54, 1.807) is 129 Å². The number of nitrogens with zero attached hydrogens (tertiary/aromatic N) is 21. The number of fused-ring (bicyclic) bond motifs is 4. The van der Waals surface area contributed by atoms with Gasteiger partial charge in [0, 0.05) is 108 Å². The summed E-state index contributed by atoms with van der Waals surface area (Å²) in [6.45, 7) is 36.4. The van der Waals surface area contributed by atoms with Gasteiger partial charge in [0.2, 0.25) is 0 Å². The Morgan fingerprint density at radius 2 is 0.620 bits per heavy atom. The molecule has 43 nitrogen and oxygen atoms in total. The van der Waals surface area contributed by atoms with Crippen LogP contribution in [0.4, 0.5) is 31.8 Å². The highest BCUT2D eigenvalue weighted by atomic mass is 16.6. The average molecular weight is 2020 g/mol. The first-order valence-corrected chi connectivity index (χ1v) is 46.2. The van der Waals surface area contributed by atoms with E-state index in [4.69, 9.17) is 46.9 Å². The first-order chi connectivity index (χ1) is 70.7. The maximum absolute atomic E-state index is 13.2. The average Bonchev–Trinajstić information content (AvgIpc) is 1.42. The molecule has 13 N–H and O–H groups in total. The Hall–Kier alpha value is -19.7. The topological polar surface area (TPSA) is 664 Å². The fraction of sp³-hybridized carbons (Fsp3) is 0.271. The van der Waals surface area contributed by atoms with Gasteiger partial charge in [-0.05, 0) is 300 Å². The van der Waals surface area contributed by atoms with Crippen molar-refractivity contribution in [1.82, 2.24) is 84.6 Å². The molecule has 0 saturated carbocycles. The molecule has 0 aliphatic carbocycles. The second-order valence-corrected chi connectivity index (χ2v) is 37.9. The van der Waals surface area contributed by atoms with Crippen molar-refractivity contribution in [3.05, 3.63) is 303 Å². The number of aromatic carboxylic acids is 2. The lowest BCUT2D eigenvalue weighted by molar-refractivity contribution is 0.0624. The van der Waals surface area contributed by atoms with E-state index in [9.17, 15) is 69.5 Å². The Kier molecular flexibility index (Phi) is 34.9. The minimum absolute atomic E-state index is 0.00946. The van der Waals surface area contributed by atoms with Crippen LogP contribution in [0, 0.1) is 137 Å². The number of rotatable bonds is 22. The van der Waals surface area contributed by atoms with E-state index in [-0.39, 0.29) is 84.3 Å². The summed E-state index contributed by atoms with van der Waals surface area (Å²) in [5, 5.41) is 108. The van der Waals surface area contributed by atoms with Gasteiger partial charge in [0.05, 0.1) is 81.6 Å². The third-order valence-electron chi connectivity index (χ3n) is 22.1. The minimum Gasteiger partial charge on any atom is -0.478 e. The molecule has 15 rings (SSSR count). The van der Waals surface area contributed by atoms with E-state index in [1.807, 2.05) is 131 Å². The van der Waals surface area contributed by atoms with Crippen molar-refractivity contribution in [3.8, 4) is 36.4 Å². The fourth-order valence-electron chi connectivity index (χ4n) is 15.7. The maximum atomic E-state index is 13.2. The molecule has 0 saturated heterocycles. The third-order valence-corrected chi connectivity index (χ3v) is 22.1. The molecular formula is C107H107N29O14. The first-order valence-electron chi connectivity index (χ1n) is 46.2. The molecule has 11 aromatic heterocycles. The van der Waals surface area contributed by atoms with E-state index in [0.717, 1.165) is 105 Å². The number of amides is 7. The predicted octanol–water partition coefficient (Wildman–Crippen LogP) is 15.1. The second kappa shape index (κ2) is 47.2. The van der Waals surface area contributed by atoms with Gasteiger partial charge in [0.1, 0.15) is 81.8 Å². The van der Waals surface area contributed by atoms with Crippen LogP contribution in [0.25, 0.3) is 43.6 Å². The van der Waals surface area contributed by atoms with E-state index in [1.165, 1.54) is 43.5 Å². The Balaban J connectivity index is 0.000000184. The number of nitrogens with one attached hydrogen (secondary N) is 5. The van der Waals surface area contributed by atoms with Gasteiger partial charge in [-0.25, -0.2) is 38.9 Å². The smallest absolute Gasteiger partial charge is 0.413 e. The highest BCUT2D eigenvalue weighted by Crippen LogP contribution is 2.30. The standard InChI is InChI=1S/C30H32N8O4.C30H30N8O3.C17H13N5O3.C17H11N5O2.C13H21N3O2/c1-16-7-20-9-19(10-21(11-31)25(20)33-12-16)14-38-15-23(26(37-38)27(32)39)28(40)34-13-22-17(2)8-24(35-18(22)3)36-29(41)42-30(4,5)6;1-17-7-21-9-20(10-22(11-31)27(21)33-13-17)15-38-16-24(25(12-32)37-38)28(39)34-14-23-18(2)8-26(35-19(23)3)36-29(40)41-30(4,5)6;1-9-2-11-3-10(4-12(5-18)14(11)20-6-9)7-22-8-13(17(24)25)15(21-22)16(19)23;1-10-2-12-3-11(4-13(5-18)16(12)20-7-10)8-22-9-14(17(23)24)15(6-19)21-22;1-8-6-11(15-9(2)10(8)7-14)16-12(17)18-13(3,4)5/h7-10,12,15H,13-14H2,1-6H3,(H2,32,39)(H,34,40)(H,35,36,41);7-10,13,16H,14-15H2,1-6H3,(H,34,39)(H,35,36,40);2-4,6,8H,7H2,1H3,(H2,19,23)(H,24,25);2-4,7,9H,8H2,1H3,(H,23,24);6H,7,14H2,1-5H3,(H,15,16,17). The normalized spacial score (nSPS) is 10.9. The highest BCUT2D eigenvalue weighted by molar-refractivity contribution is 6.06. The molecule has 0 bridgehead atoms. The van der Waals surface area contributed by atoms with Crippen molar-refractivity contribution < 1.29 is 67.6 Å². The Morgan fingerprint density at radius 1 is 0.353 bits per heavy atom. The van der Waals surface area contributed by atoms with Crippen molar-refractivity contribution in [1.29, 1.82) is 31.6 Å². The molecule has 764 valence electrons. The summed E-state index contributed by atoms with van der Waals surface area (Å²) in [5.41, 5.74) is 31.9. The monoisotopic (exact) mass is 2020 g/mol. The number of carboxylic acids is 2. The number of benzene rings is 4. The molecule has 0 aliphatic rings. The predicted molar refractivity (Wildman–Crippen MR) is 551 cm³/mol. The first kappa shape index (κ1) is 111. The van der Waals surface area contributed by atoms with Gasteiger partial charge in [0.15, 0.2) is 22.8 Å². The lowest BCUT2D eigenvalue weighted by atomic mass is 10.0. The number of nitriles is 6. The number of anilines is 3. The summed E-state index contributed by atoms with van der Waals surface area (Å²) in [5.74, 6) is -4.09. The number of carboxylic acid groups (broad SMARTS) is 2. The van der Waals surface area contributed by atoms with E-state index in [2.05, 4.69) is 106 Å². The summed E-state index contributed by atoms with van der Waals surface area (Å²) in [4.78, 5) is 138. The van der Waals surface area contributed by atoms with Gasteiger partial charge in [-0.15, -0.1) is 0 Å². The number of ether oxygens (including phenoxy) is 3. The van der Waals surface area contributed by atoms with Crippen LogP contribution in [0.5, 0.6) is 0 Å². The minimum atomic E-state index is -1.28. The van der Waals surface area contributed by atoms with Crippen molar-refractivity contribution in [3.63, 3.8) is 0 Å². The fourth-order valence-corrected chi connectivity index (χ4v) is 15.7. The number of hydrogen-bond acceptors (Lipinski definition) is 30. The zero-order chi connectivity index (χ0) is 110. The summed E-state index contributed by atoms with van der Waals surface area (Å²) < 4.78 is 21.4. The summed E-state index contributed by atoms with van der Waals surface area (Å²) in [7, 11) is 0. The molecule has 0 spiro atoms. The number of nitrogens with two attached hydrogens (primary N) is 3. The van der Waals surface area contributed by atoms with E-state index >= 15 is 0 Å². The Labute approximate surface area is 860 Å². The van der Waals surface area contributed by atoms with Crippen LogP contribution in [-0.2, 0) is 60.0 Å². The number of hydrogen-bond donors (Lipinski definition) is 10. The molecule has 0 atom stereocenters. The SMILES string of the molecule is Cc1cc(NC(=O)OC(C)(C)C)nc(C)c1CN.Cc1cnc2c(C#N)cc(Cn3cc(C(=O)NCc4c(C)cc(NC(=O)OC(C)(C)C)nc4C)c(C#N)n3)cc2c1.Cc1cnc2c(C#N)cc(Cn3cc(C(=O)NCc4c(C)cc(NC(=O)OC(C)(C)C)nc4C)c(C(N)=O)n3)cc2c1.Cc1cnc2c(C#N)cc(Cn3cc(C(=O)O)c(C#N)n3)cc2c1.Cc1cnc2c(C#N)cc(Cn3cc(C(=O)O)c(C(N)=O)n3)cc2c1. The number of carbonyl (C=O) groups is 9. The Morgan fingerprint density at radius 3 is 0.880 bits per heavy atom. The number of primary amides is 2. The van der Waals surface area contributed by atoms with Gasteiger partial charge in [-0.3, -0.25) is 73.8 Å². The number of aryl methyl sites for hydroxylation is 10. The Bertz CT molecular complexity index is 8090. The third kappa shape index (κ3) is 29.1. The number of aromatic nitrogens is 15. The van der Waals surface area contributed by atoms with E-state index < -0.39 is 70.7 Å². The molecule has 4 aromatic carbocycles. The van der Waals surface area contributed by atoms with Gasteiger partial charge < -0.3 is 52.3 Å². The maximum Gasteiger partial charge on any atom is 0.413 e. The van der Waals surface area contributed by atoms with Gasteiger partial charge in [-0.2, -0.15) is 52.0 Å². The van der Waals surface area contributed by atoms with Gasteiger partial charge in [-0.1, -0.05) is 0 Å². The van der Waals surface area contributed by atoms with Gasteiger partial charge in [0.25, 0.3) is 23.6 Å². The largest absolute Gasteiger partial charge is 0.478 e. The summed E-state index contributed by atoms with van der Waals surface area (Å²) >= 11 is 0. The van der Waals surface area contributed by atoms with Gasteiger partial charge >= 0.3 is 30.2 Å². The molecule has 0 aliphatic heterocycles. The highest BCUT2D eigenvalue weighted by Gasteiger charge is 2.28. The molecule has 7 amide bonds. The second-order valence-electron chi connectivity index (χ2n) is 37.9. The van der Waals surface area contributed by atoms with Crippen molar-refractivity contribution in [2.24, 2.45) is 17.2 Å². The molecule has 11 heterocycles. The zero-order valence-electron chi connectivity index (χ0n) is 85.6. The lowest BCUT2D eigenvalue weighted by Gasteiger charge is -2.20. The molecule has 0 radical (unpaired) electrons. The molecule has 0 fully saturated rings. The lowest BCUT2D eigenvalue weighted by Crippen LogP contribution is -2.28. The zero-order valence-corrected chi connectivity index (χ0v) is 85.6. The summed E-state index contributed by atoms with van der Waals surface area (Å²) in [6.07, 6.45) is 10.6. The van der Waals surface area contributed by atoms with Crippen molar-refractivity contribution in [2.75, 3.05) is 16.0 Å². The van der Waals surface area contributed by atoms with Crippen LogP contribution in [0.2, 0.25) is 0 Å². The molecule has 15 aromatic rings. The van der Waals surface area contributed by atoms with Crippen LogP contribution >= 0.6 is 0 Å². The number of carbonyl (C=O) groups excluding carboxylic acids is 7. The van der Waals surface area contributed by atoms with Crippen LogP contribution in [0.3, 0.4) is 0 Å². The van der Waals surface area contributed by atoms with Crippen LogP contribution in [0.1, 0.15) is 253 Å². The van der Waals surface area contributed by atoms with Crippen LogP contribution in [0.15, 0.2) is 141 Å². The van der Waals surface area contributed by atoms with Crippen molar-refractivity contribution >= 4 is 115 Å². The van der Waals surface area contributed by atoms with Crippen molar-refractivity contribution in [2.45, 2.75) is 194 Å². The summed E-state index contributed by atoms with van der Waals surface area (Å²) in [6, 6.07) is 39.6. The molecular weight excluding hydrogens is 1920 g/mol. The molecule has 43 heteroatoms. The quantitative estimate of drug-likeness (QED) is 0.0282. The molecule has 150 heavy (non-hydrogen) atoms. The van der Waals surface area contributed by atoms with Crippen LogP contribution in [-0.4, -0.2) is 155 Å². The molecule has 0 unspecified atom stereocenters.